The normalized spacial score (nSPS) is 18.7. The highest BCUT2D eigenvalue weighted by molar-refractivity contribution is 5.99. The summed E-state index contributed by atoms with van der Waals surface area (Å²) in [4.78, 5) is 20.9. The molecule has 1 fully saturated rings. The minimum atomic E-state index is -0.799. The van der Waals surface area contributed by atoms with Gasteiger partial charge in [-0.05, 0) is 44.0 Å². The van der Waals surface area contributed by atoms with Crippen molar-refractivity contribution in [2.24, 2.45) is 11.5 Å². The number of primary amides is 1. The summed E-state index contributed by atoms with van der Waals surface area (Å²) < 4.78 is 20.4. The van der Waals surface area contributed by atoms with Gasteiger partial charge in [0, 0.05) is 35.6 Å². The van der Waals surface area contributed by atoms with Crippen molar-refractivity contribution in [1.82, 2.24) is 9.97 Å². The topological polar surface area (TPSA) is 148 Å². The number of nitrogens with zero attached hydrogens (tertiary/aromatic N) is 2. The van der Waals surface area contributed by atoms with E-state index in [0.717, 1.165) is 37.1 Å². The maximum absolute atomic E-state index is 14.8. The Labute approximate surface area is 203 Å². The highest BCUT2D eigenvalue weighted by Gasteiger charge is 2.24. The molecule has 1 unspecified atom stereocenters. The van der Waals surface area contributed by atoms with Gasteiger partial charge in [-0.2, -0.15) is 0 Å². The quantitative estimate of drug-likeness (QED) is 0.311. The minimum absolute atomic E-state index is 0.0209. The first-order valence-electron chi connectivity index (χ1n) is 11.8. The number of rotatable bonds is 9. The van der Waals surface area contributed by atoms with E-state index in [-0.39, 0.29) is 29.3 Å². The van der Waals surface area contributed by atoms with Crippen LogP contribution in [-0.4, -0.2) is 45.8 Å². The van der Waals surface area contributed by atoms with Crippen LogP contribution in [0.15, 0.2) is 36.4 Å². The molecular formula is C25H31FN6O3. The van der Waals surface area contributed by atoms with E-state index in [1.807, 2.05) is 12.1 Å². The lowest BCUT2D eigenvalue weighted by molar-refractivity contribution is 0.100. The van der Waals surface area contributed by atoms with E-state index in [2.05, 4.69) is 20.6 Å². The number of hydrogen-bond acceptors (Lipinski definition) is 8. The van der Waals surface area contributed by atoms with Gasteiger partial charge in [-0.25, -0.2) is 14.4 Å². The molecule has 3 atom stereocenters. The van der Waals surface area contributed by atoms with Crippen LogP contribution in [-0.2, 0) is 0 Å². The van der Waals surface area contributed by atoms with Crippen molar-refractivity contribution < 1.29 is 19.0 Å². The van der Waals surface area contributed by atoms with Crippen LogP contribution in [0.2, 0.25) is 0 Å². The van der Waals surface area contributed by atoms with Gasteiger partial charge in [-0.1, -0.05) is 18.9 Å². The summed E-state index contributed by atoms with van der Waals surface area (Å²) in [6, 6.07) is 9.97. The predicted molar refractivity (Wildman–Crippen MR) is 133 cm³/mol. The van der Waals surface area contributed by atoms with Gasteiger partial charge in [0.15, 0.2) is 11.6 Å². The van der Waals surface area contributed by atoms with Crippen molar-refractivity contribution in [2.45, 2.75) is 57.2 Å². The van der Waals surface area contributed by atoms with Crippen LogP contribution in [0.25, 0.3) is 10.9 Å². The van der Waals surface area contributed by atoms with Gasteiger partial charge in [0.25, 0.3) is 5.91 Å². The van der Waals surface area contributed by atoms with Crippen molar-refractivity contribution in [3.63, 3.8) is 0 Å². The third kappa shape index (κ3) is 6.14. The number of benzene rings is 1. The minimum Gasteiger partial charge on any atom is -0.478 e. The second-order valence-electron chi connectivity index (χ2n) is 8.95. The molecule has 1 amide bonds. The van der Waals surface area contributed by atoms with E-state index in [9.17, 15) is 14.3 Å². The Balaban J connectivity index is 1.59. The van der Waals surface area contributed by atoms with Crippen molar-refractivity contribution >= 4 is 34.1 Å². The Morgan fingerprint density at radius 1 is 1.20 bits per heavy atom. The van der Waals surface area contributed by atoms with Crippen molar-refractivity contribution in [2.75, 3.05) is 17.2 Å². The first kappa shape index (κ1) is 24.6. The Morgan fingerprint density at radius 2 is 1.97 bits per heavy atom. The van der Waals surface area contributed by atoms with Crippen LogP contribution in [0.3, 0.4) is 0 Å². The first-order chi connectivity index (χ1) is 16.8. The molecule has 4 rings (SSSR count). The number of aliphatic hydroxyl groups excluding tert-OH is 1. The highest BCUT2D eigenvalue weighted by atomic mass is 19.1. The standard InChI is InChI=1S/C25H31FN6O3/c1-14(33)10-11-35-22-9-7-15-6-8-16(12-21(15)30-22)29-24-17(23(28)34)13-18(26)25(32-24)31-20-5-3-2-4-19(20)27/h6-9,12-14,19-20,33H,2-5,10-11,27H2,1H3,(H2,28,34)(H2,29,31,32)/t14?,19-,20+/m0/s1. The molecule has 35 heavy (non-hydrogen) atoms. The highest BCUT2D eigenvalue weighted by Crippen LogP contribution is 2.28. The van der Waals surface area contributed by atoms with Crippen LogP contribution in [0, 0.1) is 5.82 Å². The molecular weight excluding hydrogens is 451 g/mol. The molecule has 3 aromatic rings. The molecule has 1 saturated carbocycles. The Kier molecular flexibility index (Phi) is 7.62. The zero-order chi connectivity index (χ0) is 24.9. The molecule has 0 spiro atoms. The number of nitrogens with two attached hydrogens (primary N) is 2. The molecule has 9 nitrogen and oxygen atoms in total. The molecule has 0 saturated heterocycles. The fraction of sp³-hybridized carbons (Fsp3) is 0.400. The lowest BCUT2D eigenvalue weighted by Gasteiger charge is -2.30. The molecule has 2 aromatic heterocycles. The molecule has 1 aliphatic carbocycles. The lowest BCUT2D eigenvalue weighted by atomic mass is 9.91. The predicted octanol–water partition coefficient (Wildman–Crippen LogP) is 3.44. The molecule has 2 heterocycles. The second kappa shape index (κ2) is 10.8. The molecule has 186 valence electrons. The van der Waals surface area contributed by atoms with E-state index >= 15 is 0 Å². The maximum Gasteiger partial charge on any atom is 0.252 e. The smallest absolute Gasteiger partial charge is 0.252 e. The number of ether oxygens (including phenoxy) is 1. The number of aliphatic hydroxyl groups is 1. The number of halogens is 1. The number of nitrogens with one attached hydrogen (secondary N) is 2. The van der Waals surface area contributed by atoms with Crippen molar-refractivity contribution in [3.8, 4) is 5.88 Å². The molecule has 0 aliphatic heterocycles. The first-order valence-corrected chi connectivity index (χ1v) is 11.8. The Morgan fingerprint density at radius 3 is 2.71 bits per heavy atom. The van der Waals surface area contributed by atoms with Crippen LogP contribution < -0.4 is 26.8 Å². The summed E-state index contributed by atoms with van der Waals surface area (Å²) >= 11 is 0. The number of anilines is 3. The summed E-state index contributed by atoms with van der Waals surface area (Å²) in [6.07, 6.45) is 3.77. The van der Waals surface area contributed by atoms with Crippen molar-refractivity contribution in [1.29, 1.82) is 0 Å². The van der Waals surface area contributed by atoms with Gasteiger partial charge in [-0.15, -0.1) is 0 Å². The van der Waals surface area contributed by atoms with Gasteiger partial charge >= 0.3 is 0 Å². The second-order valence-corrected chi connectivity index (χ2v) is 8.95. The van der Waals surface area contributed by atoms with Crippen LogP contribution in [0.5, 0.6) is 5.88 Å². The van der Waals surface area contributed by atoms with E-state index in [4.69, 9.17) is 16.2 Å². The Hall–Kier alpha value is -3.50. The third-order valence-corrected chi connectivity index (χ3v) is 6.10. The molecule has 7 N–H and O–H groups in total. The maximum atomic E-state index is 14.8. The van der Waals surface area contributed by atoms with E-state index in [0.29, 0.717) is 30.1 Å². The fourth-order valence-corrected chi connectivity index (χ4v) is 4.11. The lowest BCUT2D eigenvalue weighted by Crippen LogP contribution is -2.43. The summed E-state index contributed by atoms with van der Waals surface area (Å²) in [5, 5.41) is 16.5. The average molecular weight is 483 g/mol. The molecule has 0 bridgehead atoms. The number of aromatic nitrogens is 2. The fourth-order valence-electron chi connectivity index (χ4n) is 4.11. The number of carbonyl (C=O) groups is 1. The van der Waals surface area contributed by atoms with Gasteiger partial charge in [0.05, 0.1) is 23.8 Å². The zero-order valence-corrected chi connectivity index (χ0v) is 19.6. The van der Waals surface area contributed by atoms with Gasteiger partial charge < -0.3 is 31.9 Å². The van der Waals surface area contributed by atoms with Crippen LogP contribution in [0.1, 0.15) is 49.4 Å². The summed E-state index contributed by atoms with van der Waals surface area (Å²) in [5.74, 6) is -0.876. The average Bonchev–Trinajstić information content (AvgIpc) is 2.81. The molecule has 1 aromatic carbocycles. The monoisotopic (exact) mass is 482 g/mol. The molecule has 10 heteroatoms. The van der Waals surface area contributed by atoms with E-state index in [1.54, 1.807) is 25.1 Å². The van der Waals surface area contributed by atoms with Gasteiger partial charge in [0.2, 0.25) is 5.88 Å². The van der Waals surface area contributed by atoms with Gasteiger partial charge in [0.1, 0.15) is 5.82 Å². The SMILES string of the molecule is CC(O)CCOc1ccc2ccc(Nc3nc(N[C@@H]4CCCC[C@@H]4N)c(F)cc3C(N)=O)cc2n1. The van der Waals surface area contributed by atoms with Crippen LogP contribution >= 0.6 is 0 Å². The van der Waals surface area contributed by atoms with Crippen molar-refractivity contribution in [3.05, 3.63) is 47.8 Å². The molecule has 1 aliphatic rings. The number of amides is 1. The summed E-state index contributed by atoms with van der Waals surface area (Å²) in [5.41, 5.74) is 12.9. The zero-order valence-electron chi connectivity index (χ0n) is 19.6. The van der Waals surface area contributed by atoms with E-state index in [1.165, 1.54) is 0 Å². The largest absolute Gasteiger partial charge is 0.478 e. The van der Waals surface area contributed by atoms with Crippen LogP contribution in [0.4, 0.5) is 21.7 Å². The number of fused-ring (bicyclic) bond motifs is 1. The third-order valence-electron chi connectivity index (χ3n) is 6.10. The molecule has 0 radical (unpaired) electrons. The Bertz CT molecular complexity index is 1210. The van der Waals surface area contributed by atoms with Gasteiger partial charge in [-0.3, -0.25) is 4.79 Å². The summed E-state index contributed by atoms with van der Waals surface area (Å²) in [7, 11) is 0. The number of carbonyl (C=O) groups excluding carboxylic acids is 1. The van der Waals surface area contributed by atoms with E-state index < -0.39 is 17.8 Å². The summed E-state index contributed by atoms with van der Waals surface area (Å²) in [6.45, 7) is 2.04. The number of pyridine rings is 2. The number of hydrogen-bond donors (Lipinski definition) is 5.